The predicted molar refractivity (Wildman–Crippen MR) is 99.2 cm³/mol. The second-order valence-corrected chi connectivity index (χ2v) is 6.18. The number of benzene rings is 2. The maximum absolute atomic E-state index is 13.3. The van der Waals surface area contributed by atoms with Gasteiger partial charge in [-0.1, -0.05) is 35.5 Å². The summed E-state index contributed by atoms with van der Waals surface area (Å²) >= 11 is 0. The zero-order chi connectivity index (χ0) is 19.5. The molecule has 2 aromatic carbocycles. The van der Waals surface area contributed by atoms with E-state index in [2.05, 4.69) is 15.6 Å². The van der Waals surface area contributed by atoms with Gasteiger partial charge < -0.3 is 9.73 Å². The third-order valence-corrected chi connectivity index (χ3v) is 4.24. The number of para-hydroxylation sites is 1. The van der Waals surface area contributed by atoms with Crippen molar-refractivity contribution in [2.75, 3.05) is 0 Å². The van der Waals surface area contributed by atoms with Gasteiger partial charge in [0.25, 0.3) is 5.91 Å². The molecule has 1 amide bonds. The molecule has 0 aliphatic heterocycles. The zero-order valence-electron chi connectivity index (χ0n) is 14.6. The highest BCUT2D eigenvalue weighted by atomic mass is 19.1. The van der Waals surface area contributed by atoms with Gasteiger partial charge >= 0.3 is 5.63 Å². The van der Waals surface area contributed by atoms with Crippen molar-refractivity contribution in [1.29, 1.82) is 0 Å². The molecule has 0 aliphatic rings. The van der Waals surface area contributed by atoms with Gasteiger partial charge in [0.1, 0.15) is 17.0 Å². The van der Waals surface area contributed by atoms with Crippen molar-refractivity contribution in [2.45, 2.75) is 13.1 Å². The van der Waals surface area contributed by atoms with E-state index in [4.69, 9.17) is 4.42 Å². The van der Waals surface area contributed by atoms with Gasteiger partial charge in [0.2, 0.25) is 0 Å². The Hall–Kier alpha value is -3.81. The van der Waals surface area contributed by atoms with Gasteiger partial charge in [-0.25, -0.2) is 13.9 Å². The SMILES string of the molecule is O=C(NCc1cnnn1Cc1cccc(F)c1)c1cc2ccccc2oc1=O. The van der Waals surface area contributed by atoms with Crippen LogP contribution in [0.15, 0.2) is 70.0 Å². The average molecular weight is 378 g/mol. The summed E-state index contributed by atoms with van der Waals surface area (Å²) in [5.41, 5.74) is 0.961. The number of carbonyl (C=O) groups is 1. The number of hydrogen-bond donors (Lipinski definition) is 1. The number of nitrogens with one attached hydrogen (secondary N) is 1. The fourth-order valence-corrected chi connectivity index (χ4v) is 2.84. The number of nitrogens with zero attached hydrogens (tertiary/aromatic N) is 3. The average Bonchev–Trinajstić information content (AvgIpc) is 3.12. The Balaban J connectivity index is 1.50. The van der Waals surface area contributed by atoms with Gasteiger partial charge in [-0.05, 0) is 29.8 Å². The quantitative estimate of drug-likeness (QED) is 0.539. The molecule has 0 spiro atoms. The summed E-state index contributed by atoms with van der Waals surface area (Å²) in [7, 11) is 0. The molecule has 0 atom stereocenters. The maximum atomic E-state index is 13.3. The van der Waals surface area contributed by atoms with Gasteiger partial charge in [0.15, 0.2) is 0 Å². The molecule has 0 fully saturated rings. The summed E-state index contributed by atoms with van der Waals surface area (Å²) in [6, 6.07) is 14.6. The molecule has 0 saturated carbocycles. The first-order chi connectivity index (χ1) is 13.6. The molecule has 2 aromatic heterocycles. The summed E-state index contributed by atoms with van der Waals surface area (Å²) in [5, 5.41) is 11.1. The van der Waals surface area contributed by atoms with Gasteiger partial charge in [0.05, 0.1) is 25.0 Å². The molecule has 0 bridgehead atoms. The standard InChI is InChI=1S/C20H15FN4O3/c21-15-6-3-4-13(8-15)12-25-16(11-23-24-25)10-22-19(26)17-9-14-5-1-2-7-18(14)28-20(17)27/h1-9,11H,10,12H2,(H,22,26). The van der Waals surface area contributed by atoms with Gasteiger partial charge in [-0.3, -0.25) is 4.79 Å². The first-order valence-corrected chi connectivity index (χ1v) is 8.53. The molecule has 4 rings (SSSR count). The Morgan fingerprint density at radius 1 is 1.14 bits per heavy atom. The molecule has 0 saturated heterocycles. The molecule has 0 radical (unpaired) electrons. The Morgan fingerprint density at radius 3 is 2.86 bits per heavy atom. The number of aromatic nitrogens is 3. The van der Waals surface area contributed by atoms with Crippen LogP contribution in [-0.2, 0) is 13.1 Å². The molecule has 140 valence electrons. The fraction of sp³-hybridized carbons (Fsp3) is 0.100. The molecule has 28 heavy (non-hydrogen) atoms. The molecule has 8 heteroatoms. The lowest BCUT2D eigenvalue weighted by molar-refractivity contribution is 0.0946. The Kier molecular flexibility index (Phi) is 4.67. The molecule has 1 N–H and O–H groups in total. The smallest absolute Gasteiger partial charge is 0.349 e. The Morgan fingerprint density at radius 2 is 2.00 bits per heavy atom. The number of amides is 1. The minimum absolute atomic E-state index is 0.0807. The van der Waals surface area contributed by atoms with E-state index in [1.165, 1.54) is 24.4 Å². The van der Waals surface area contributed by atoms with E-state index in [0.717, 1.165) is 0 Å². The van der Waals surface area contributed by atoms with Crippen LogP contribution < -0.4 is 10.9 Å². The second-order valence-electron chi connectivity index (χ2n) is 6.18. The zero-order valence-corrected chi connectivity index (χ0v) is 14.6. The number of hydrogen-bond acceptors (Lipinski definition) is 5. The summed E-state index contributed by atoms with van der Waals surface area (Å²) in [6.45, 7) is 0.411. The number of carbonyl (C=O) groups excluding carboxylic acids is 1. The van der Waals surface area contributed by atoms with Crippen LogP contribution in [0, 0.1) is 5.82 Å². The Bertz CT molecular complexity index is 1220. The molecular formula is C20H15FN4O3. The maximum Gasteiger partial charge on any atom is 0.349 e. The lowest BCUT2D eigenvalue weighted by Gasteiger charge is -2.08. The molecular weight excluding hydrogens is 363 g/mol. The molecule has 7 nitrogen and oxygen atoms in total. The first kappa shape index (κ1) is 17.6. The van der Waals surface area contributed by atoms with E-state index in [-0.39, 0.29) is 17.9 Å². The Labute approximate surface area is 158 Å². The van der Waals surface area contributed by atoms with Gasteiger partial charge in [-0.2, -0.15) is 0 Å². The van der Waals surface area contributed by atoms with Crippen LogP contribution in [-0.4, -0.2) is 20.9 Å². The van der Waals surface area contributed by atoms with Gasteiger partial charge in [-0.15, -0.1) is 5.10 Å². The third kappa shape index (κ3) is 3.66. The highest BCUT2D eigenvalue weighted by molar-refractivity contribution is 5.96. The fourth-order valence-electron chi connectivity index (χ4n) is 2.84. The van der Waals surface area contributed by atoms with E-state index >= 15 is 0 Å². The monoisotopic (exact) mass is 378 g/mol. The summed E-state index contributed by atoms with van der Waals surface area (Å²) in [4.78, 5) is 24.5. The first-order valence-electron chi connectivity index (χ1n) is 8.53. The summed E-state index contributed by atoms with van der Waals surface area (Å²) in [6.07, 6.45) is 1.50. The third-order valence-electron chi connectivity index (χ3n) is 4.24. The van der Waals surface area contributed by atoms with Crippen LogP contribution in [0.1, 0.15) is 21.6 Å². The normalized spacial score (nSPS) is 10.9. The van der Waals surface area contributed by atoms with Crippen molar-refractivity contribution in [2.24, 2.45) is 0 Å². The van der Waals surface area contributed by atoms with Crippen molar-refractivity contribution in [3.05, 3.63) is 93.9 Å². The molecule has 0 aliphatic carbocycles. The molecule has 4 aromatic rings. The van der Waals surface area contributed by atoms with Crippen molar-refractivity contribution in [1.82, 2.24) is 20.3 Å². The van der Waals surface area contributed by atoms with Crippen molar-refractivity contribution < 1.29 is 13.6 Å². The summed E-state index contributed by atoms with van der Waals surface area (Å²) in [5.74, 6) is -0.895. The predicted octanol–water partition coefficient (Wildman–Crippen LogP) is 2.50. The minimum Gasteiger partial charge on any atom is -0.422 e. The topological polar surface area (TPSA) is 90.0 Å². The van der Waals surface area contributed by atoms with E-state index in [1.807, 2.05) is 0 Å². The van der Waals surface area contributed by atoms with E-state index in [9.17, 15) is 14.0 Å². The lowest BCUT2D eigenvalue weighted by atomic mass is 10.2. The minimum atomic E-state index is -0.706. The van der Waals surface area contributed by atoms with Crippen LogP contribution in [0.25, 0.3) is 11.0 Å². The largest absolute Gasteiger partial charge is 0.422 e. The van der Waals surface area contributed by atoms with Gasteiger partial charge in [0, 0.05) is 5.39 Å². The number of halogens is 1. The second kappa shape index (κ2) is 7.43. The van der Waals surface area contributed by atoms with E-state index in [0.29, 0.717) is 28.8 Å². The molecule has 0 unspecified atom stereocenters. The lowest BCUT2D eigenvalue weighted by Crippen LogP contribution is -2.28. The van der Waals surface area contributed by atoms with Crippen molar-refractivity contribution in [3.8, 4) is 0 Å². The van der Waals surface area contributed by atoms with Crippen LogP contribution in [0.2, 0.25) is 0 Å². The molecule has 2 heterocycles. The van der Waals surface area contributed by atoms with E-state index in [1.54, 1.807) is 41.1 Å². The van der Waals surface area contributed by atoms with Crippen molar-refractivity contribution >= 4 is 16.9 Å². The van der Waals surface area contributed by atoms with Crippen LogP contribution in [0.4, 0.5) is 4.39 Å². The van der Waals surface area contributed by atoms with Crippen LogP contribution in [0.3, 0.4) is 0 Å². The number of fused-ring (bicyclic) bond motifs is 1. The number of rotatable bonds is 5. The van der Waals surface area contributed by atoms with Crippen molar-refractivity contribution in [3.63, 3.8) is 0 Å². The van der Waals surface area contributed by atoms with Crippen LogP contribution >= 0.6 is 0 Å². The highest BCUT2D eigenvalue weighted by Crippen LogP contribution is 2.13. The highest BCUT2D eigenvalue weighted by Gasteiger charge is 2.14. The summed E-state index contributed by atoms with van der Waals surface area (Å²) < 4.78 is 20.1. The van der Waals surface area contributed by atoms with Crippen LogP contribution in [0.5, 0.6) is 0 Å². The van der Waals surface area contributed by atoms with E-state index < -0.39 is 11.5 Å².